The number of ether oxygens (including phenoxy) is 1. The fourth-order valence-corrected chi connectivity index (χ4v) is 3.62. The first kappa shape index (κ1) is 18.7. The fraction of sp³-hybridized carbons (Fsp3) is 0.429. The standard InChI is InChI=1S/C21H27N5O2/c1-24-8-10-26(11-9-24)20-16-17(6-7-22-20)21(27)23-18-4-2-3-5-19(18)25-12-14-28-15-13-25/h2-7,16H,8-15H2,1H3,(H,23,27). The minimum absolute atomic E-state index is 0.113. The molecule has 0 radical (unpaired) electrons. The second-order valence-corrected chi connectivity index (χ2v) is 7.26. The highest BCUT2D eigenvalue weighted by atomic mass is 16.5. The lowest BCUT2D eigenvalue weighted by atomic mass is 10.2. The third-order valence-electron chi connectivity index (χ3n) is 5.34. The van der Waals surface area contributed by atoms with Crippen LogP contribution in [0.15, 0.2) is 42.6 Å². The van der Waals surface area contributed by atoms with Gasteiger partial charge in [0.2, 0.25) is 0 Å². The quantitative estimate of drug-likeness (QED) is 0.873. The number of para-hydroxylation sites is 2. The number of piperazine rings is 1. The third-order valence-corrected chi connectivity index (χ3v) is 5.34. The van der Waals surface area contributed by atoms with Crippen LogP contribution in [0.2, 0.25) is 0 Å². The molecule has 1 N–H and O–H groups in total. The number of nitrogens with zero attached hydrogens (tertiary/aromatic N) is 4. The van der Waals surface area contributed by atoms with Gasteiger partial charge in [-0.05, 0) is 31.3 Å². The first-order valence-corrected chi connectivity index (χ1v) is 9.83. The first-order chi connectivity index (χ1) is 13.7. The number of rotatable bonds is 4. The molecule has 0 aliphatic carbocycles. The summed E-state index contributed by atoms with van der Waals surface area (Å²) in [5, 5.41) is 3.09. The SMILES string of the molecule is CN1CCN(c2cc(C(=O)Nc3ccccc3N3CCOCC3)ccn2)CC1. The molecule has 4 rings (SSSR count). The Morgan fingerprint density at radius 1 is 1.00 bits per heavy atom. The molecule has 2 fully saturated rings. The fourth-order valence-electron chi connectivity index (χ4n) is 3.62. The van der Waals surface area contributed by atoms with Crippen molar-refractivity contribution >= 4 is 23.1 Å². The molecule has 2 aliphatic heterocycles. The Bertz CT molecular complexity index is 814. The molecule has 1 amide bonds. The van der Waals surface area contributed by atoms with E-state index >= 15 is 0 Å². The Kier molecular flexibility index (Phi) is 5.73. The van der Waals surface area contributed by atoms with Crippen LogP contribution in [0.5, 0.6) is 0 Å². The van der Waals surface area contributed by atoms with E-state index in [1.54, 1.807) is 12.3 Å². The van der Waals surface area contributed by atoms with Gasteiger partial charge in [0.25, 0.3) is 5.91 Å². The summed E-state index contributed by atoms with van der Waals surface area (Å²) in [4.78, 5) is 24.2. The van der Waals surface area contributed by atoms with Crippen LogP contribution in [-0.2, 0) is 4.74 Å². The molecule has 0 spiro atoms. The topological polar surface area (TPSA) is 60.9 Å². The average molecular weight is 381 g/mol. The zero-order valence-electron chi connectivity index (χ0n) is 16.3. The molecule has 7 heteroatoms. The van der Waals surface area contributed by atoms with E-state index in [1.807, 2.05) is 30.3 Å². The van der Waals surface area contributed by atoms with Crippen LogP contribution < -0.4 is 15.1 Å². The maximum absolute atomic E-state index is 12.9. The number of likely N-dealkylation sites (N-methyl/N-ethyl adjacent to an activating group) is 1. The second-order valence-electron chi connectivity index (χ2n) is 7.26. The number of benzene rings is 1. The summed E-state index contributed by atoms with van der Waals surface area (Å²) < 4.78 is 5.45. The lowest BCUT2D eigenvalue weighted by molar-refractivity contribution is 0.102. The van der Waals surface area contributed by atoms with Crippen LogP contribution in [0.25, 0.3) is 0 Å². The largest absolute Gasteiger partial charge is 0.378 e. The smallest absolute Gasteiger partial charge is 0.255 e. The summed E-state index contributed by atoms with van der Waals surface area (Å²) in [5.74, 6) is 0.751. The highest BCUT2D eigenvalue weighted by molar-refractivity contribution is 6.06. The lowest BCUT2D eigenvalue weighted by Gasteiger charge is -2.33. The molecule has 1 aromatic heterocycles. The van der Waals surface area contributed by atoms with E-state index in [9.17, 15) is 4.79 Å². The zero-order chi connectivity index (χ0) is 19.3. The van der Waals surface area contributed by atoms with E-state index in [0.29, 0.717) is 18.8 Å². The van der Waals surface area contributed by atoms with E-state index in [1.165, 1.54) is 0 Å². The van der Waals surface area contributed by atoms with E-state index in [-0.39, 0.29) is 5.91 Å². The van der Waals surface area contributed by atoms with E-state index < -0.39 is 0 Å². The molecule has 1 aromatic carbocycles. The van der Waals surface area contributed by atoms with Crippen molar-refractivity contribution in [1.29, 1.82) is 0 Å². The van der Waals surface area contributed by atoms with Gasteiger partial charge in [-0.2, -0.15) is 0 Å². The molecular formula is C21H27N5O2. The van der Waals surface area contributed by atoms with Gasteiger partial charge in [0.15, 0.2) is 0 Å². The number of carbonyl (C=O) groups excluding carboxylic acids is 1. The summed E-state index contributed by atoms with van der Waals surface area (Å²) in [6.45, 7) is 6.94. The van der Waals surface area contributed by atoms with Crippen molar-refractivity contribution in [2.24, 2.45) is 0 Å². The Labute approximate surface area is 165 Å². The maximum Gasteiger partial charge on any atom is 0.255 e. The highest BCUT2D eigenvalue weighted by Gasteiger charge is 2.19. The molecule has 148 valence electrons. The summed E-state index contributed by atoms with van der Waals surface area (Å²) in [6, 6.07) is 11.6. The van der Waals surface area contributed by atoms with E-state index in [0.717, 1.165) is 56.5 Å². The maximum atomic E-state index is 12.9. The van der Waals surface area contributed by atoms with Gasteiger partial charge in [0.1, 0.15) is 5.82 Å². The first-order valence-electron chi connectivity index (χ1n) is 9.83. The number of aromatic nitrogens is 1. The summed E-state index contributed by atoms with van der Waals surface area (Å²) in [5.41, 5.74) is 2.49. The number of amides is 1. The Balaban J connectivity index is 1.49. The number of hydrogen-bond acceptors (Lipinski definition) is 6. The molecule has 0 atom stereocenters. The third kappa shape index (κ3) is 4.26. The summed E-state index contributed by atoms with van der Waals surface area (Å²) >= 11 is 0. The summed E-state index contributed by atoms with van der Waals surface area (Å²) in [7, 11) is 2.13. The molecule has 28 heavy (non-hydrogen) atoms. The number of anilines is 3. The minimum atomic E-state index is -0.113. The molecule has 2 aromatic rings. The van der Waals surface area contributed by atoms with Crippen LogP contribution in [0.4, 0.5) is 17.2 Å². The molecular weight excluding hydrogens is 354 g/mol. The van der Waals surface area contributed by atoms with Crippen molar-refractivity contribution in [2.75, 3.05) is 74.6 Å². The summed E-state index contributed by atoms with van der Waals surface area (Å²) in [6.07, 6.45) is 1.72. The molecule has 3 heterocycles. The van der Waals surface area contributed by atoms with Crippen molar-refractivity contribution in [3.63, 3.8) is 0 Å². The lowest BCUT2D eigenvalue weighted by Crippen LogP contribution is -2.44. The van der Waals surface area contributed by atoms with E-state index in [4.69, 9.17) is 4.74 Å². The second kappa shape index (κ2) is 8.58. The van der Waals surface area contributed by atoms with Crippen LogP contribution in [0, 0.1) is 0 Å². The van der Waals surface area contributed by atoms with E-state index in [2.05, 4.69) is 32.0 Å². The molecule has 0 unspecified atom stereocenters. The van der Waals surface area contributed by atoms with Gasteiger partial charge in [-0.15, -0.1) is 0 Å². The van der Waals surface area contributed by atoms with Gasteiger partial charge < -0.3 is 24.8 Å². The normalized spacial score (nSPS) is 18.2. The number of hydrogen-bond donors (Lipinski definition) is 1. The number of pyridine rings is 1. The average Bonchev–Trinajstić information content (AvgIpc) is 2.75. The molecule has 2 saturated heterocycles. The van der Waals surface area contributed by atoms with Gasteiger partial charge in [-0.3, -0.25) is 4.79 Å². The predicted molar refractivity (Wildman–Crippen MR) is 111 cm³/mol. The van der Waals surface area contributed by atoms with Crippen molar-refractivity contribution < 1.29 is 9.53 Å². The van der Waals surface area contributed by atoms with Crippen molar-refractivity contribution in [2.45, 2.75) is 0 Å². The van der Waals surface area contributed by atoms with Gasteiger partial charge >= 0.3 is 0 Å². The molecule has 0 saturated carbocycles. The Morgan fingerprint density at radius 3 is 2.54 bits per heavy atom. The molecule has 0 bridgehead atoms. The molecule has 2 aliphatic rings. The number of morpholine rings is 1. The van der Waals surface area contributed by atoms with Crippen LogP contribution in [0.3, 0.4) is 0 Å². The van der Waals surface area contributed by atoms with Gasteiger partial charge in [-0.1, -0.05) is 12.1 Å². The van der Waals surface area contributed by atoms with Crippen molar-refractivity contribution in [1.82, 2.24) is 9.88 Å². The van der Waals surface area contributed by atoms with Crippen LogP contribution in [-0.4, -0.2) is 75.3 Å². The van der Waals surface area contributed by atoms with Crippen LogP contribution in [0.1, 0.15) is 10.4 Å². The predicted octanol–water partition coefficient (Wildman–Crippen LogP) is 1.92. The van der Waals surface area contributed by atoms with Gasteiger partial charge in [0.05, 0.1) is 24.6 Å². The van der Waals surface area contributed by atoms with Crippen molar-refractivity contribution in [3.8, 4) is 0 Å². The zero-order valence-corrected chi connectivity index (χ0v) is 16.3. The highest BCUT2D eigenvalue weighted by Crippen LogP contribution is 2.27. The Morgan fingerprint density at radius 2 is 1.75 bits per heavy atom. The van der Waals surface area contributed by atoms with Crippen molar-refractivity contribution in [3.05, 3.63) is 48.2 Å². The molecule has 7 nitrogen and oxygen atoms in total. The number of nitrogens with one attached hydrogen (secondary N) is 1. The van der Waals surface area contributed by atoms with Gasteiger partial charge in [0, 0.05) is 51.0 Å². The van der Waals surface area contributed by atoms with Gasteiger partial charge in [-0.25, -0.2) is 4.98 Å². The van der Waals surface area contributed by atoms with Crippen LogP contribution >= 0.6 is 0 Å². The number of carbonyl (C=O) groups is 1. The monoisotopic (exact) mass is 381 g/mol. The minimum Gasteiger partial charge on any atom is -0.378 e. The Hall–Kier alpha value is -2.64.